The molecule has 3 aromatic heterocycles. The number of pyridine rings is 2. The molecule has 10 nitrogen and oxygen atoms in total. The van der Waals surface area contributed by atoms with Gasteiger partial charge in [0.2, 0.25) is 5.13 Å². The van der Waals surface area contributed by atoms with Crippen LogP contribution in [0.4, 0.5) is 5.13 Å². The van der Waals surface area contributed by atoms with Crippen molar-refractivity contribution in [1.82, 2.24) is 20.2 Å². The van der Waals surface area contributed by atoms with Gasteiger partial charge in [-0.2, -0.15) is 0 Å². The van der Waals surface area contributed by atoms with Crippen LogP contribution in [0.2, 0.25) is 5.15 Å². The van der Waals surface area contributed by atoms with Crippen molar-refractivity contribution < 1.29 is 23.7 Å². The monoisotopic (exact) mass is 503 g/mol. The Morgan fingerprint density at radius 3 is 2.82 bits per heavy atom. The van der Waals surface area contributed by atoms with Crippen molar-refractivity contribution >= 4 is 34.0 Å². The van der Waals surface area contributed by atoms with Crippen molar-refractivity contribution in [3.63, 3.8) is 0 Å². The maximum atomic E-state index is 13.2. The van der Waals surface area contributed by atoms with E-state index in [1.54, 1.807) is 12.1 Å². The van der Waals surface area contributed by atoms with Crippen LogP contribution in [0.5, 0.6) is 10.9 Å². The normalized spacial score (nSPS) is 17.5. The van der Waals surface area contributed by atoms with Gasteiger partial charge in [-0.15, -0.1) is 5.10 Å². The van der Waals surface area contributed by atoms with E-state index >= 15 is 0 Å². The third-order valence-corrected chi connectivity index (χ3v) is 6.26. The molecular formula is C22H22ClN5O5S. The molecule has 4 heterocycles. The summed E-state index contributed by atoms with van der Waals surface area (Å²) in [7, 11) is 1.53. The zero-order valence-electron chi connectivity index (χ0n) is 18.3. The molecule has 1 atom stereocenters. The third kappa shape index (κ3) is 5.44. The predicted molar refractivity (Wildman–Crippen MR) is 125 cm³/mol. The molecule has 5 rings (SSSR count). The molecule has 1 aliphatic carbocycles. The molecule has 3 aromatic rings. The van der Waals surface area contributed by atoms with Crippen LogP contribution in [0.1, 0.15) is 35.3 Å². The number of hydrogen-bond donors (Lipinski definition) is 1. The molecule has 1 N–H and O–H groups in total. The molecule has 178 valence electrons. The molecule has 0 bridgehead atoms. The van der Waals surface area contributed by atoms with Gasteiger partial charge in [-0.1, -0.05) is 16.7 Å². The first kappa shape index (κ1) is 22.9. The van der Waals surface area contributed by atoms with Crippen LogP contribution in [0.25, 0.3) is 11.1 Å². The highest BCUT2D eigenvalue weighted by Crippen LogP contribution is 2.35. The lowest BCUT2D eigenvalue weighted by molar-refractivity contribution is 0.101. The highest BCUT2D eigenvalue weighted by atomic mass is 35.5. The SMILES string of the molecule is COc1cnc(Cl)cc1-c1cc(COC2CC2)ncc1C(=O)Nc1nnc(O[C@@H]2CCOC2)s1. The molecule has 1 saturated carbocycles. The average Bonchev–Trinajstić information content (AvgIpc) is 3.34. The minimum absolute atomic E-state index is 0.0541. The number of carbonyl (C=O) groups excluding carboxylic acids is 1. The molecule has 2 aliphatic rings. The Morgan fingerprint density at radius 2 is 2.06 bits per heavy atom. The summed E-state index contributed by atoms with van der Waals surface area (Å²) in [6, 6.07) is 3.46. The molecule has 0 aromatic carbocycles. The van der Waals surface area contributed by atoms with Gasteiger partial charge < -0.3 is 18.9 Å². The van der Waals surface area contributed by atoms with E-state index in [1.807, 2.05) is 0 Å². The van der Waals surface area contributed by atoms with E-state index < -0.39 is 5.91 Å². The van der Waals surface area contributed by atoms with Crippen molar-refractivity contribution in [2.45, 2.75) is 38.1 Å². The van der Waals surface area contributed by atoms with Crippen molar-refractivity contribution in [2.24, 2.45) is 0 Å². The first-order chi connectivity index (χ1) is 16.6. The number of amides is 1. The van der Waals surface area contributed by atoms with Crippen LogP contribution < -0.4 is 14.8 Å². The number of ether oxygens (including phenoxy) is 4. The molecule has 1 amide bonds. The van der Waals surface area contributed by atoms with Crippen molar-refractivity contribution in [1.29, 1.82) is 0 Å². The van der Waals surface area contributed by atoms with Gasteiger partial charge in [0.05, 0.1) is 50.5 Å². The van der Waals surface area contributed by atoms with Crippen LogP contribution in [-0.2, 0) is 16.1 Å². The van der Waals surface area contributed by atoms with Crippen LogP contribution in [-0.4, -0.2) is 58.6 Å². The summed E-state index contributed by atoms with van der Waals surface area (Å²) in [6.07, 6.45) is 6.16. The smallest absolute Gasteiger partial charge is 0.296 e. The standard InChI is InChI=1S/C22H22ClN5O5S/c1-30-18-9-25-19(23)7-16(18)15-6-12(10-32-13-2-3-13)24-8-17(15)20(29)26-21-27-28-22(34-21)33-14-4-5-31-11-14/h6-9,13-14H,2-5,10-11H2,1H3,(H,26,27,29)/t14-/m1/s1. The minimum Gasteiger partial charge on any atom is -0.494 e. The second-order valence-corrected chi connectivity index (χ2v) is 9.20. The van der Waals surface area contributed by atoms with E-state index in [0.29, 0.717) is 58.3 Å². The zero-order valence-corrected chi connectivity index (χ0v) is 19.9. The topological polar surface area (TPSA) is 118 Å². The Balaban J connectivity index is 1.41. The molecule has 0 spiro atoms. The highest BCUT2D eigenvalue weighted by molar-refractivity contribution is 7.17. The molecular weight excluding hydrogens is 482 g/mol. The van der Waals surface area contributed by atoms with Crippen LogP contribution in [0.15, 0.2) is 24.5 Å². The lowest BCUT2D eigenvalue weighted by Crippen LogP contribution is -2.15. The number of methoxy groups -OCH3 is 1. The van der Waals surface area contributed by atoms with Gasteiger partial charge in [0.1, 0.15) is 17.0 Å². The van der Waals surface area contributed by atoms with Crippen LogP contribution in [0, 0.1) is 0 Å². The fraction of sp³-hybridized carbons (Fsp3) is 0.409. The van der Waals surface area contributed by atoms with Crippen molar-refractivity contribution in [3.05, 3.63) is 40.9 Å². The Kier molecular flexibility index (Phi) is 6.86. The van der Waals surface area contributed by atoms with Crippen molar-refractivity contribution in [3.8, 4) is 22.1 Å². The zero-order chi connectivity index (χ0) is 23.5. The van der Waals surface area contributed by atoms with Gasteiger partial charge in [0.25, 0.3) is 11.1 Å². The number of aromatic nitrogens is 4. The highest BCUT2D eigenvalue weighted by Gasteiger charge is 2.24. The van der Waals surface area contributed by atoms with E-state index in [4.69, 9.17) is 30.5 Å². The van der Waals surface area contributed by atoms with E-state index in [1.165, 1.54) is 19.5 Å². The maximum absolute atomic E-state index is 13.2. The van der Waals surface area contributed by atoms with Crippen molar-refractivity contribution in [2.75, 3.05) is 25.6 Å². The first-order valence-electron chi connectivity index (χ1n) is 10.8. The summed E-state index contributed by atoms with van der Waals surface area (Å²) >= 11 is 7.31. The Labute approximate surface area is 204 Å². The number of carbonyl (C=O) groups is 1. The second-order valence-electron chi connectivity index (χ2n) is 7.87. The van der Waals surface area contributed by atoms with Gasteiger partial charge in [-0.3, -0.25) is 15.1 Å². The quantitative estimate of drug-likeness (QED) is 0.435. The number of rotatable bonds is 9. The lowest BCUT2D eigenvalue weighted by atomic mass is 10.00. The lowest BCUT2D eigenvalue weighted by Gasteiger charge is -2.14. The van der Waals surface area contributed by atoms with Crippen LogP contribution >= 0.6 is 22.9 Å². The van der Waals surface area contributed by atoms with Gasteiger partial charge in [0.15, 0.2) is 0 Å². The predicted octanol–water partition coefficient (Wildman–Crippen LogP) is 3.76. The summed E-state index contributed by atoms with van der Waals surface area (Å²) < 4.78 is 22.3. The van der Waals surface area contributed by atoms with Gasteiger partial charge in [-0.05, 0) is 36.3 Å². The largest absolute Gasteiger partial charge is 0.494 e. The summed E-state index contributed by atoms with van der Waals surface area (Å²) in [6.45, 7) is 1.53. The summed E-state index contributed by atoms with van der Waals surface area (Å²) in [5, 5.41) is 11.8. The minimum atomic E-state index is -0.404. The molecule has 0 radical (unpaired) electrons. The number of nitrogens with one attached hydrogen (secondary N) is 1. The van der Waals surface area contributed by atoms with Gasteiger partial charge in [-0.25, -0.2) is 4.98 Å². The Hall–Kier alpha value is -2.86. The maximum Gasteiger partial charge on any atom is 0.296 e. The van der Waals surface area contributed by atoms with E-state index in [2.05, 4.69) is 25.5 Å². The molecule has 12 heteroatoms. The third-order valence-electron chi connectivity index (χ3n) is 5.32. The number of nitrogens with zero attached hydrogens (tertiary/aromatic N) is 4. The van der Waals surface area contributed by atoms with E-state index in [9.17, 15) is 4.79 Å². The molecule has 1 aliphatic heterocycles. The number of hydrogen-bond acceptors (Lipinski definition) is 10. The van der Waals surface area contributed by atoms with Crippen LogP contribution in [0.3, 0.4) is 0 Å². The molecule has 34 heavy (non-hydrogen) atoms. The van der Waals surface area contributed by atoms with Gasteiger partial charge in [0, 0.05) is 23.7 Å². The number of anilines is 1. The molecule has 0 unspecified atom stereocenters. The molecule has 1 saturated heterocycles. The number of halogens is 1. The fourth-order valence-corrected chi connectivity index (χ4v) is 4.25. The van der Waals surface area contributed by atoms with E-state index in [0.717, 1.165) is 30.6 Å². The summed E-state index contributed by atoms with van der Waals surface area (Å²) in [5.74, 6) is 0.0724. The summed E-state index contributed by atoms with van der Waals surface area (Å²) in [5.41, 5.74) is 2.22. The van der Waals surface area contributed by atoms with Gasteiger partial charge >= 0.3 is 0 Å². The molecule has 2 fully saturated rings. The fourth-order valence-electron chi connectivity index (χ4n) is 3.43. The van der Waals surface area contributed by atoms with E-state index in [-0.39, 0.29) is 17.4 Å². The Bertz CT molecular complexity index is 1180. The first-order valence-corrected chi connectivity index (χ1v) is 12.0. The average molecular weight is 504 g/mol. The Morgan fingerprint density at radius 1 is 1.18 bits per heavy atom. The summed E-state index contributed by atoms with van der Waals surface area (Å²) in [4.78, 5) is 21.7. The second kappa shape index (κ2) is 10.2.